The molecule has 1 aromatic heterocycles. The van der Waals surface area contributed by atoms with Crippen molar-refractivity contribution in [3.63, 3.8) is 0 Å². The molecular formula is C79H118N14O25S3. The van der Waals surface area contributed by atoms with Crippen LogP contribution < -0.4 is 58.7 Å². The third kappa shape index (κ3) is 39.7. The summed E-state index contributed by atoms with van der Waals surface area (Å²) in [5, 5.41) is 81.9. The van der Waals surface area contributed by atoms with Crippen molar-refractivity contribution < 1.29 is 122 Å². The van der Waals surface area contributed by atoms with Gasteiger partial charge in [0.2, 0.25) is 35.4 Å². The Labute approximate surface area is 714 Å². The average molecular weight is 1760 g/mol. The van der Waals surface area contributed by atoms with Gasteiger partial charge in [-0.05, 0) is 119 Å². The lowest BCUT2D eigenvalue weighted by molar-refractivity contribution is -0.153. The third-order valence-electron chi connectivity index (χ3n) is 19.5. The summed E-state index contributed by atoms with van der Waals surface area (Å²) in [6.07, 6.45) is 2.04. The smallest absolute Gasteiger partial charge is 0.426 e. The zero-order valence-corrected chi connectivity index (χ0v) is 72.0. The average Bonchev–Trinajstić information content (AvgIpc) is 1.60. The number of phenolic OH excluding ortho intramolecular Hbond substituents is 1. The van der Waals surface area contributed by atoms with Crippen LogP contribution in [0.25, 0.3) is 0 Å². The summed E-state index contributed by atoms with van der Waals surface area (Å²) < 4.78 is 17.3. The molecule has 2 aromatic carbocycles. The number of rotatable bonds is 55. The second kappa shape index (κ2) is 54.6. The maximum Gasteiger partial charge on any atom is 0.426 e. The van der Waals surface area contributed by atoms with Gasteiger partial charge in [-0.1, -0.05) is 125 Å². The fourth-order valence-corrected chi connectivity index (χ4v) is 15.5. The molecule has 1 aliphatic heterocycles. The SMILES string of the molecule is CCCCCOCN(C(=O)[C@@H](NC(=O)C1CCCCN1C)C(C)CC)[C@H](C[C@@H](OC(C)=O)c1nc(C(=O)N[C@@H](Cc2ccc(O)cc2)C[C@H](C)C(=O)NNC(=O)OCCSSC[C@H](NC(=O)[C@H](CC(=O)O)NC(=O)C(CC(=O)O)NC(=O)Cc2ccc(CNC(=O)NCCCC[C@@H](C)NC(=O)N[C@@H](CCC(=O)O)C(=O)O)cc2)C(=O)O)cs1)C(C)C. The second-order valence-corrected chi connectivity index (χ2v) is 33.4. The van der Waals surface area contributed by atoms with Crippen LogP contribution in [-0.4, -0.2) is 247 Å². The highest BCUT2D eigenvalue weighted by molar-refractivity contribution is 8.76. The third-order valence-corrected chi connectivity index (χ3v) is 22.9. The maximum atomic E-state index is 15.1. The van der Waals surface area contributed by atoms with Crippen molar-refractivity contribution in [2.24, 2.45) is 17.8 Å². The molecule has 0 saturated carbocycles. The van der Waals surface area contributed by atoms with Gasteiger partial charge >= 0.3 is 54.0 Å². The van der Waals surface area contributed by atoms with Crippen LogP contribution in [0.3, 0.4) is 0 Å². The first kappa shape index (κ1) is 103. The first-order valence-corrected chi connectivity index (χ1v) is 43.5. The van der Waals surface area contributed by atoms with Gasteiger partial charge in [-0.15, -0.1) is 11.3 Å². The number of hydrazine groups is 1. The zero-order chi connectivity index (χ0) is 89.8. The van der Waals surface area contributed by atoms with Crippen molar-refractivity contribution in [2.45, 2.75) is 238 Å². The lowest BCUT2D eigenvalue weighted by Crippen LogP contribution is -2.59. The molecule has 2 heterocycles. The molecule has 0 bridgehead atoms. The van der Waals surface area contributed by atoms with Crippen molar-refractivity contribution in [1.82, 2.24) is 73.5 Å². The molecule has 42 heteroatoms. The number of piperidine rings is 1. The number of esters is 1. The zero-order valence-electron chi connectivity index (χ0n) is 69.6. The summed E-state index contributed by atoms with van der Waals surface area (Å²) >= 11 is 1.06. The van der Waals surface area contributed by atoms with E-state index in [1.165, 1.54) is 36.6 Å². The molecule has 12 atom stereocenters. The van der Waals surface area contributed by atoms with Crippen LogP contribution in [0, 0.1) is 17.8 Å². The van der Waals surface area contributed by atoms with E-state index >= 15 is 4.79 Å². The number of carbonyl (C=O) groups excluding carboxylic acids is 11. The van der Waals surface area contributed by atoms with Crippen LogP contribution in [-0.2, 0) is 91.1 Å². The van der Waals surface area contributed by atoms with E-state index in [1.54, 1.807) is 43.0 Å². The minimum atomic E-state index is -1.97. The molecular weight excluding hydrogens is 1640 g/mol. The monoisotopic (exact) mass is 1760 g/mol. The summed E-state index contributed by atoms with van der Waals surface area (Å²) in [5.41, 5.74) is 6.05. The molecule has 4 rings (SSSR count). The minimum absolute atomic E-state index is 0.0103. The lowest BCUT2D eigenvalue weighted by atomic mass is 9.92. The fourth-order valence-electron chi connectivity index (χ4n) is 12.6. The molecule has 1 aliphatic rings. The van der Waals surface area contributed by atoms with Crippen molar-refractivity contribution in [1.29, 1.82) is 0 Å². The number of amides is 12. The number of aromatic hydroxyl groups is 1. The van der Waals surface area contributed by atoms with Gasteiger partial charge in [0.05, 0.1) is 25.3 Å². The Morgan fingerprint density at radius 2 is 1.30 bits per heavy atom. The van der Waals surface area contributed by atoms with E-state index in [2.05, 4.69) is 70.6 Å². The number of carboxylic acids is 5. The van der Waals surface area contributed by atoms with E-state index in [9.17, 15) is 97.5 Å². The molecule has 1 fully saturated rings. The number of likely N-dealkylation sites (N-methyl/N-ethyl adjacent to an activating group) is 1. The highest BCUT2D eigenvalue weighted by atomic mass is 33.1. The van der Waals surface area contributed by atoms with Crippen LogP contribution in [0.2, 0.25) is 0 Å². The van der Waals surface area contributed by atoms with E-state index < -0.39 is 170 Å². The summed E-state index contributed by atoms with van der Waals surface area (Å²) in [4.78, 5) is 214. The van der Waals surface area contributed by atoms with Crippen molar-refractivity contribution in [3.05, 3.63) is 81.3 Å². The molecule has 3 unspecified atom stereocenters. The van der Waals surface area contributed by atoms with Crippen LogP contribution in [0.1, 0.15) is 196 Å². The normalized spacial score (nSPS) is 15.3. The standard InChI is InChI=1S/C79H118N14O25S3/c1-10-12-17-32-116-44-93(74(108)67(46(5)11-2)89-72(107)60-19-14-16-31-92(60)9)61(45(3)4)40-62(118-49(8)94)73-87-58(42-119-73)71(106)83-53(36-50-24-26-54(95)27-25-50)35-47(6)68(103)90-91-79(115)117-33-34-120-121-43-59(76(111)112)86-70(105)57(39-66(101)102)85-69(104)56(38-65(99)100)84-63(96)37-51-20-22-52(23-21-51)41-81-77(113)80-30-15-13-18-48(7)82-78(114)88-55(75(109)110)28-29-64(97)98/h20-27,42,45-48,53,55-57,59-62,67,95H,10-19,28-41,43-44H2,1-9H3,(H,83,106)(H,84,96)(H,85,104)(H,86,105)(H,89,107)(H,90,103)(H,91,115)(H,97,98)(H,99,100)(H,101,102)(H,109,110)(H,111,112)(H2,80,81,113)(H2,82,88,114)/t46?,47-,48+,53+,55-,56?,57-,59-,60?,61+,62+,67-/m0/s1. The van der Waals surface area contributed by atoms with E-state index in [1.807, 2.05) is 39.6 Å². The van der Waals surface area contributed by atoms with Crippen LogP contribution in [0.4, 0.5) is 14.4 Å². The number of phenols is 1. The first-order valence-electron chi connectivity index (χ1n) is 40.1. The number of aliphatic carboxylic acids is 5. The van der Waals surface area contributed by atoms with Crippen LogP contribution >= 0.6 is 32.9 Å². The molecule has 0 aliphatic carbocycles. The highest BCUT2D eigenvalue weighted by Crippen LogP contribution is 2.33. The van der Waals surface area contributed by atoms with E-state index in [4.69, 9.17) is 19.3 Å². The van der Waals surface area contributed by atoms with E-state index in [0.717, 1.165) is 71.6 Å². The molecule has 12 amide bonds. The number of nitrogens with zero attached hydrogens (tertiary/aromatic N) is 3. The van der Waals surface area contributed by atoms with Crippen molar-refractivity contribution in [3.8, 4) is 5.75 Å². The molecule has 0 spiro atoms. The minimum Gasteiger partial charge on any atom is -0.508 e. The Morgan fingerprint density at radius 3 is 1.91 bits per heavy atom. The lowest BCUT2D eigenvalue weighted by Gasteiger charge is -2.40. The number of hydrogen-bond donors (Lipinski definition) is 17. The highest BCUT2D eigenvalue weighted by Gasteiger charge is 2.40. The Balaban J connectivity index is 1.28. The molecule has 1 saturated heterocycles. The summed E-state index contributed by atoms with van der Waals surface area (Å²) in [6.45, 7) is 15.3. The Morgan fingerprint density at radius 1 is 0.653 bits per heavy atom. The van der Waals surface area contributed by atoms with Gasteiger partial charge < -0.3 is 97.6 Å². The molecule has 3 aromatic rings. The number of nitrogens with one attached hydrogen (secondary N) is 11. The number of carbonyl (C=O) groups is 16. The van der Waals surface area contributed by atoms with Crippen molar-refractivity contribution >= 4 is 128 Å². The van der Waals surface area contributed by atoms with Gasteiger partial charge in [0.25, 0.3) is 5.91 Å². The molecule has 39 nitrogen and oxygen atoms in total. The number of aromatic nitrogens is 1. The predicted molar refractivity (Wildman–Crippen MR) is 445 cm³/mol. The summed E-state index contributed by atoms with van der Waals surface area (Å²) in [6, 6.07) is 1.15. The number of urea groups is 2. The summed E-state index contributed by atoms with van der Waals surface area (Å²) in [5.74, 6) is -15.1. The number of ether oxygens (including phenoxy) is 3. The van der Waals surface area contributed by atoms with Gasteiger partial charge in [0.1, 0.15) is 60.0 Å². The number of likely N-dealkylation sites (tertiary alicyclic amines) is 1. The van der Waals surface area contributed by atoms with Crippen LogP contribution in [0.15, 0.2) is 53.9 Å². The number of thiazole rings is 1. The molecule has 17 N–H and O–H groups in total. The van der Waals surface area contributed by atoms with Gasteiger partial charge in [0.15, 0.2) is 6.10 Å². The fraction of sp³-hybridized carbons (Fsp3) is 0.608. The molecule has 672 valence electrons. The first-order chi connectivity index (χ1) is 57.4. The Hall–Kier alpha value is -10.6. The molecule has 0 radical (unpaired) electrons. The number of unbranched alkanes of at least 4 members (excludes halogenated alkanes) is 3. The Kier molecular flexibility index (Phi) is 46.4. The molecule has 121 heavy (non-hydrogen) atoms. The Bertz CT molecular complexity index is 3920. The van der Waals surface area contributed by atoms with E-state index in [-0.39, 0.29) is 110 Å². The quantitative estimate of drug-likeness (QED) is 0.0115. The van der Waals surface area contributed by atoms with Gasteiger partial charge in [-0.25, -0.2) is 34.4 Å². The number of benzene rings is 2. The number of hydrogen-bond acceptors (Lipinski definition) is 25. The summed E-state index contributed by atoms with van der Waals surface area (Å²) in [7, 11) is 3.78. The van der Waals surface area contributed by atoms with Crippen LogP contribution in [0.5, 0.6) is 5.75 Å². The van der Waals surface area contributed by atoms with Gasteiger partial charge in [-0.2, -0.15) is 0 Å². The topological polar surface area (TPSA) is 574 Å². The van der Waals surface area contributed by atoms with Gasteiger partial charge in [0, 0.05) is 80.4 Å². The van der Waals surface area contributed by atoms with Gasteiger partial charge in [-0.3, -0.25) is 63.1 Å². The predicted octanol–water partition coefficient (Wildman–Crippen LogP) is 5.09. The second-order valence-electron chi connectivity index (χ2n) is 29.9. The number of carboxylic acid groups (broad SMARTS) is 5. The van der Waals surface area contributed by atoms with Crippen molar-refractivity contribution in [2.75, 3.05) is 51.6 Å². The van der Waals surface area contributed by atoms with E-state index in [0.29, 0.717) is 55.4 Å². The maximum absolute atomic E-state index is 15.1. The largest absolute Gasteiger partial charge is 0.508 e.